The van der Waals surface area contributed by atoms with E-state index in [-0.39, 0.29) is 25.0 Å². The fourth-order valence-electron chi connectivity index (χ4n) is 4.90. The number of benzene rings is 3. The van der Waals surface area contributed by atoms with Gasteiger partial charge in [0.05, 0.1) is 0 Å². The Morgan fingerprint density at radius 1 is 0.941 bits per heavy atom. The van der Waals surface area contributed by atoms with Gasteiger partial charge < -0.3 is 20.1 Å². The van der Waals surface area contributed by atoms with Gasteiger partial charge in [0.2, 0.25) is 0 Å². The molecule has 0 radical (unpaired) electrons. The molecule has 4 aromatic rings. The highest BCUT2D eigenvalue weighted by Crippen LogP contribution is 2.44. The zero-order chi connectivity index (χ0) is 23.5. The molecular weight excluding hydrogens is 428 g/mol. The zero-order valence-corrected chi connectivity index (χ0v) is 18.7. The second-order valence-corrected chi connectivity index (χ2v) is 8.66. The predicted octanol–water partition coefficient (Wildman–Crippen LogP) is 5.48. The van der Waals surface area contributed by atoms with Crippen LogP contribution in [0.1, 0.15) is 35.4 Å². The number of aromatic nitrogens is 1. The summed E-state index contributed by atoms with van der Waals surface area (Å²) in [5.74, 6) is -0.914. The Labute approximate surface area is 197 Å². The molecule has 3 aromatic carbocycles. The number of hydrogen-bond donors (Lipinski definition) is 3. The van der Waals surface area contributed by atoms with E-state index in [0.717, 1.165) is 27.6 Å². The molecule has 3 N–H and O–H groups in total. The van der Waals surface area contributed by atoms with Crippen molar-refractivity contribution in [3.8, 4) is 11.1 Å². The van der Waals surface area contributed by atoms with Gasteiger partial charge in [0, 0.05) is 35.5 Å². The molecule has 1 aromatic heterocycles. The van der Waals surface area contributed by atoms with Crippen LogP contribution in [0.25, 0.3) is 22.0 Å². The van der Waals surface area contributed by atoms with Crippen LogP contribution in [0.15, 0.2) is 79.0 Å². The number of para-hydroxylation sites is 1. The molecule has 1 aliphatic rings. The fraction of sp³-hybridized carbons (Fsp3) is 0.214. The topological polar surface area (TPSA) is 91.4 Å². The number of carbonyl (C=O) groups is 2. The number of hydrogen-bond acceptors (Lipinski definition) is 3. The van der Waals surface area contributed by atoms with Gasteiger partial charge in [-0.05, 0) is 46.7 Å². The van der Waals surface area contributed by atoms with Gasteiger partial charge in [0.15, 0.2) is 0 Å². The number of amides is 1. The number of fused-ring (bicyclic) bond motifs is 4. The summed E-state index contributed by atoms with van der Waals surface area (Å²) in [6.45, 7) is 0.221. The van der Waals surface area contributed by atoms with Crippen LogP contribution in [0.3, 0.4) is 0 Å². The van der Waals surface area contributed by atoms with Crippen LogP contribution < -0.4 is 5.32 Å². The average molecular weight is 455 g/mol. The van der Waals surface area contributed by atoms with Gasteiger partial charge in [-0.1, -0.05) is 66.7 Å². The number of aromatic amines is 1. The predicted molar refractivity (Wildman–Crippen MR) is 131 cm³/mol. The van der Waals surface area contributed by atoms with E-state index >= 15 is 0 Å². The van der Waals surface area contributed by atoms with Crippen LogP contribution in [-0.4, -0.2) is 34.8 Å². The molecule has 6 nitrogen and oxygen atoms in total. The maximum atomic E-state index is 12.8. The Balaban J connectivity index is 1.28. The van der Waals surface area contributed by atoms with Crippen LogP contribution in [0.5, 0.6) is 0 Å². The van der Waals surface area contributed by atoms with Crippen LogP contribution in [0.2, 0.25) is 0 Å². The van der Waals surface area contributed by atoms with E-state index in [1.807, 2.05) is 54.7 Å². The molecule has 0 bridgehead atoms. The van der Waals surface area contributed by atoms with Crippen molar-refractivity contribution in [1.82, 2.24) is 10.3 Å². The van der Waals surface area contributed by atoms with Crippen LogP contribution >= 0.6 is 0 Å². The van der Waals surface area contributed by atoms with Crippen LogP contribution in [0.4, 0.5) is 4.79 Å². The zero-order valence-electron chi connectivity index (χ0n) is 18.7. The highest BCUT2D eigenvalue weighted by Gasteiger charge is 2.29. The lowest BCUT2D eigenvalue weighted by molar-refractivity contribution is -0.137. The number of carbonyl (C=O) groups excluding carboxylic acids is 1. The first kappa shape index (κ1) is 21.8. The molecule has 1 unspecified atom stereocenters. The number of carboxylic acid groups (broad SMARTS) is 1. The maximum Gasteiger partial charge on any atom is 0.407 e. The third-order valence-electron chi connectivity index (χ3n) is 6.51. The van der Waals surface area contributed by atoms with E-state index in [0.29, 0.717) is 12.8 Å². The van der Waals surface area contributed by atoms with Crippen molar-refractivity contribution in [2.24, 2.45) is 0 Å². The van der Waals surface area contributed by atoms with Gasteiger partial charge in [0.25, 0.3) is 0 Å². The van der Waals surface area contributed by atoms with E-state index < -0.39 is 12.1 Å². The van der Waals surface area contributed by atoms with Crippen molar-refractivity contribution in [2.45, 2.75) is 31.2 Å². The monoisotopic (exact) mass is 454 g/mol. The molecule has 1 amide bonds. The number of aliphatic carboxylic acids is 1. The molecule has 6 heteroatoms. The summed E-state index contributed by atoms with van der Waals surface area (Å²) in [4.78, 5) is 27.2. The van der Waals surface area contributed by atoms with Crippen molar-refractivity contribution in [3.63, 3.8) is 0 Å². The van der Waals surface area contributed by atoms with E-state index in [4.69, 9.17) is 4.74 Å². The molecule has 0 saturated carbocycles. The van der Waals surface area contributed by atoms with Gasteiger partial charge >= 0.3 is 12.1 Å². The Morgan fingerprint density at radius 3 is 2.29 bits per heavy atom. The highest BCUT2D eigenvalue weighted by atomic mass is 16.5. The molecule has 1 heterocycles. The first-order valence-corrected chi connectivity index (χ1v) is 11.5. The van der Waals surface area contributed by atoms with Gasteiger partial charge in [-0.2, -0.15) is 0 Å². The minimum atomic E-state index is -0.890. The fourth-order valence-corrected chi connectivity index (χ4v) is 4.90. The number of alkyl carbamates (subject to hydrolysis) is 1. The Hall–Kier alpha value is -4.06. The van der Waals surface area contributed by atoms with Gasteiger partial charge in [-0.3, -0.25) is 4.79 Å². The SMILES string of the molecule is O=C(O)CCC(Cc1c[nH]c2ccccc12)NC(=O)OCC1c2ccccc2-c2ccccc21. The summed E-state index contributed by atoms with van der Waals surface area (Å²) in [6.07, 6.45) is 2.19. The minimum absolute atomic E-state index is 0.0239. The molecule has 5 rings (SSSR count). The third kappa shape index (κ3) is 4.39. The van der Waals surface area contributed by atoms with E-state index in [9.17, 15) is 14.7 Å². The molecule has 0 fully saturated rings. The molecule has 1 atom stereocenters. The van der Waals surface area contributed by atoms with Gasteiger partial charge in [0.1, 0.15) is 6.61 Å². The van der Waals surface area contributed by atoms with Crippen molar-refractivity contribution in [2.75, 3.05) is 6.61 Å². The van der Waals surface area contributed by atoms with Crippen molar-refractivity contribution >= 4 is 23.0 Å². The maximum absolute atomic E-state index is 12.8. The summed E-state index contributed by atoms with van der Waals surface area (Å²) in [5.41, 5.74) is 6.69. The molecule has 0 spiro atoms. The lowest BCUT2D eigenvalue weighted by atomic mass is 9.98. The van der Waals surface area contributed by atoms with Crippen LogP contribution in [0, 0.1) is 0 Å². The number of ether oxygens (including phenoxy) is 1. The third-order valence-corrected chi connectivity index (χ3v) is 6.51. The normalized spacial score (nSPS) is 13.3. The number of rotatable bonds is 8. The summed E-state index contributed by atoms with van der Waals surface area (Å²) in [5, 5.41) is 13.2. The van der Waals surface area contributed by atoms with Gasteiger partial charge in [-0.25, -0.2) is 4.79 Å². The Bertz CT molecular complexity index is 1300. The van der Waals surface area contributed by atoms with Crippen molar-refractivity contribution < 1.29 is 19.4 Å². The molecule has 1 aliphatic carbocycles. The number of H-pyrrole nitrogens is 1. The molecular formula is C28H26N2O4. The molecule has 0 aliphatic heterocycles. The Morgan fingerprint density at radius 2 is 1.59 bits per heavy atom. The number of nitrogens with one attached hydrogen (secondary N) is 2. The average Bonchev–Trinajstić information content (AvgIpc) is 3.40. The first-order chi connectivity index (χ1) is 16.6. The lowest BCUT2D eigenvalue weighted by Gasteiger charge is -2.19. The molecule has 0 saturated heterocycles. The Kier molecular flexibility index (Phi) is 6.04. The quantitative estimate of drug-likeness (QED) is 0.329. The standard InChI is InChI=1S/C28H26N2O4/c31-27(32)14-13-19(15-18-16-29-26-12-6-5-7-20(18)26)30-28(33)34-17-25-23-10-3-1-8-21(23)22-9-2-4-11-24(22)25/h1-12,16,19,25,29H,13-15,17H2,(H,30,33)(H,31,32). The largest absolute Gasteiger partial charge is 0.481 e. The summed E-state index contributed by atoms with van der Waals surface area (Å²) >= 11 is 0. The summed E-state index contributed by atoms with van der Waals surface area (Å²) < 4.78 is 5.68. The summed E-state index contributed by atoms with van der Waals surface area (Å²) in [6, 6.07) is 24.0. The van der Waals surface area contributed by atoms with Crippen molar-refractivity contribution in [1.29, 1.82) is 0 Å². The van der Waals surface area contributed by atoms with Crippen LogP contribution in [-0.2, 0) is 16.0 Å². The summed E-state index contributed by atoms with van der Waals surface area (Å²) in [7, 11) is 0. The van der Waals surface area contributed by atoms with E-state index in [1.165, 1.54) is 11.1 Å². The second kappa shape index (κ2) is 9.43. The first-order valence-electron chi connectivity index (χ1n) is 11.5. The second-order valence-electron chi connectivity index (χ2n) is 8.66. The smallest absolute Gasteiger partial charge is 0.407 e. The lowest BCUT2D eigenvalue weighted by Crippen LogP contribution is -2.37. The van der Waals surface area contributed by atoms with E-state index in [2.05, 4.69) is 34.6 Å². The molecule has 34 heavy (non-hydrogen) atoms. The van der Waals surface area contributed by atoms with Gasteiger partial charge in [-0.15, -0.1) is 0 Å². The van der Waals surface area contributed by atoms with Crippen molar-refractivity contribution in [3.05, 3.63) is 95.7 Å². The minimum Gasteiger partial charge on any atom is -0.481 e. The van der Waals surface area contributed by atoms with E-state index in [1.54, 1.807) is 0 Å². The number of carboxylic acids is 1. The highest BCUT2D eigenvalue weighted by molar-refractivity contribution is 5.83. The molecule has 172 valence electrons.